The summed E-state index contributed by atoms with van der Waals surface area (Å²) in [6.45, 7) is 0.954. The molecule has 0 saturated heterocycles. The second-order valence-electron chi connectivity index (χ2n) is 3.90. The quantitative estimate of drug-likeness (QED) is 0.474. The lowest BCUT2D eigenvalue weighted by atomic mass is 10.1. The van der Waals surface area contributed by atoms with Crippen LogP contribution in [0, 0.1) is 5.92 Å². The molecule has 18 heavy (non-hydrogen) atoms. The Morgan fingerprint density at radius 2 is 1.89 bits per heavy atom. The third kappa shape index (κ3) is 4.68. The summed E-state index contributed by atoms with van der Waals surface area (Å²) in [5, 5.41) is 0.659. The molecule has 0 N–H and O–H groups in total. The van der Waals surface area contributed by atoms with E-state index in [1.54, 1.807) is 24.3 Å². The molecule has 0 aliphatic heterocycles. The summed E-state index contributed by atoms with van der Waals surface area (Å²) in [5.41, 5.74) is 0.985. The number of esters is 1. The monoisotopic (exact) mass is 324 g/mol. The van der Waals surface area contributed by atoms with Crippen molar-refractivity contribution in [2.45, 2.75) is 24.9 Å². The van der Waals surface area contributed by atoms with Gasteiger partial charge in [0.25, 0.3) is 0 Å². The molecule has 0 fully saturated rings. The van der Waals surface area contributed by atoms with Crippen molar-refractivity contribution in [1.29, 1.82) is 0 Å². The van der Waals surface area contributed by atoms with Crippen LogP contribution >= 0.6 is 15.9 Å². The Morgan fingerprint density at radius 1 is 1.33 bits per heavy atom. The highest BCUT2D eigenvalue weighted by Crippen LogP contribution is 2.28. The fourth-order valence-corrected chi connectivity index (χ4v) is 1.56. The van der Waals surface area contributed by atoms with E-state index < -0.39 is 24.5 Å². The molecule has 6 heteroatoms. The summed E-state index contributed by atoms with van der Waals surface area (Å²) in [4.78, 5) is 11.3. The predicted octanol–water partition coefficient (Wildman–Crippen LogP) is 4.08. The standard InChI is InChI=1S/C12H12BrF3O2/c1-8(12(14,15)16)6-11(17)18-10-4-2-9(7-13)3-5-10/h2-5,8H,6-7H2,1H3. The number of carbonyl (C=O) groups is 1. The molecule has 0 radical (unpaired) electrons. The smallest absolute Gasteiger partial charge is 0.392 e. The molecular weight excluding hydrogens is 313 g/mol. The lowest BCUT2D eigenvalue weighted by Gasteiger charge is -2.14. The number of halogens is 4. The molecule has 0 spiro atoms. The van der Waals surface area contributed by atoms with Crippen molar-refractivity contribution in [2.75, 3.05) is 0 Å². The summed E-state index contributed by atoms with van der Waals surface area (Å²) >= 11 is 3.25. The van der Waals surface area contributed by atoms with Crippen LogP contribution in [0.15, 0.2) is 24.3 Å². The summed E-state index contributed by atoms with van der Waals surface area (Å²) in [7, 11) is 0. The van der Waals surface area contributed by atoms with E-state index in [4.69, 9.17) is 4.74 Å². The van der Waals surface area contributed by atoms with Crippen LogP contribution in [0.1, 0.15) is 18.9 Å². The topological polar surface area (TPSA) is 26.3 Å². The van der Waals surface area contributed by atoms with Gasteiger partial charge in [-0.3, -0.25) is 4.79 Å². The van der Waals surface area contributed by atoms with E-state index in [1.165, 1.54) is 0 Å². The van der Waals surface area contributed by atoms with Crippen molar-refractivity contribution >= 4 is 21.9 Å². The number of hydrogen-bond donors (Lipinski definition) is 0. The van der Waals surface area contributed by atoms with Gasteiger partial charge in [-0.1, -0.05) is 35.0 Å². The van der Waals surface area contributed by atoms with E-state index >= 15 is 0 Å². The molecule has 0 saturated carbocycles. The molecule has 1 rings (SSSR count). The molecule has 100 valence electrons. The molecule has 0 aromatic heterocycles. The number of hydrogen-bond acceptors (Lipinski definition) is 2. The van der Waals surface area contributed by atoms with E-state index in [0.29, 0.717) is 5.33 Å². The summed E-state index contributed by atoms with van der Waals surface area (Å²) in [5.74, 6) is -2.34. The number of benzene rings is 1. The molecular formula is C12H12BrF3O2. The van der Waals surface area contributed by atoms with E-state index in [9.17, 15) is 18.0 Å². The zero-order valence-electron chi connectivity index (χ0n) is 9.63. The van der Waals surface area contributed by atoms with Crippen molar-refractivity contribution in [3.05, 3.63) is 29.8 Å². The van der Waals surface area contributed by atoms with Gasteiger partial charge in [0.1, 0.15) is 5.75 Å². The first-order valence-corrected chi connectivity index (χ1v) is 6.37. The Hall–Kier alpha value is -1.04. The van der Waals surface area contributed by atoms with Gasteiger partial charge in [0, 0.05) is 5.33 Å². The maximum absolute atomic E-state index is 12.2. The Kier molecular flexibility index (Phi) is 5.19. The van der Waals surface area contributed by atoms with Gasteiger partial charge >= 0.3 is 12.1 Å². The van der Waals surface area contributed by atoms with Crippen LogP contribution in [-0.4, -0.2) is 12.1 Å². The van der Waals surface area contributed by atoms with Gasteiger partial charge in [-0.15, -0.1) is 0 Å². The minimum atomic E-state index is -4.38. The third-order valence-electron chi connectivity index (χ3n) is 2.34. The Labute approximate surface area is 111 Å². The Balaban J connectivity index is 2.54. The van der Waals surface area contributed by atoms with Crippen LogP contribution in [0.25, 0.3) is 0 Å². The maximum Gasteiger partial charge on any atom is 0.392 e. The van der Waals surface area contributed by atoms with Crippen molar-refractivity contribution in [1.82, 2.24) is 0 Å². The number of carbonyl (C=O) groups excluding carboxylic acids is 1. The first-order chi connectivity index (χ1) is 8.32. The lowest BCUT2D eigenvalue weighted by molar-refractivity contribution is -0.177. The number of ether oxygens (including phenoxy) is 1. The van der Waals surface area contributed by atoms with E-state index in [0.717, 1.165) is 12.5 Å². The van der Waals surface area contributed by atoms with Crippen LogP contribution in [-0.2, 0) is 10.1 Å². The largest absolute Gasteiger partial charge is 0.427 e. The Morgan fingerprint density at radius 3 is 2.33 bits per heavy atom. The van der Waals surface area contributed by atoms with Crippen LogP contribution < -0.4 is 4.74 Å². The van der Waals surface area contributed by atoms with Crippen molar-refractivity contribution in [3.63, 3.8) is 0 Å². The molecule has 2 nitrogen and oxygen atoms in total. The molecule has 1 atom stereocenters. The highest BCUT2D eigenvalue weighted by molar-refractivity contribution is 9.08. The second kappa shape index (κ2) is 6.22. The minimum Gasteiger partial charge on any atom is -0.427 e. The molecule has 0 aliphatic carbocycles. The SMILES string of the molecule is CC(CC(=O)Oc1ccc(CBr)cc1)C(F)(F)F. The molecule has 1 aromatic rings. The van der Waals surface area contributed by atoms with Crippen LogP contribution in [0.4, 0.5) is 13.2 Å². The molecule has 0 amide bonds. The zero-order chi connectivity index (χ0) is 13.8. The highest BCUT2D eigenvalue weighted by atomic mass is 79.9. The molecule has 0 heterocycles. The first-order valence-electron chi connectivity index (χ1n) is 5.25. The van der Waals surface area contributed by atoms with Gasteiger partial charge in [0.05, 0.1) is 12.3 Å². The van der Waals surface area contributed by atoms with Gasteiger partial charge in [0.2, 0.25) is 0 Å². The minimum absolute atomic E-state index is 0.249. The number of rotatable bonds is 4. The van der Waals surface area contributed by atoms with Crippen LogP contribution in [0.3, 0.4) is 0 Å². The van der Waals surface area contributed by atoms with Crippen LogP contribution in [0.5, 0.6) is 5.75 Å². The fraction of sp³-hybridized carbons (Fsp3) is 0.417. The fourth-order valence-electron chi connectivity index (χ4n) is 1.19. The summed E-state index contributed by atoms with van der Waals surface area (Å²) < 4.78 is 41.5. The second-order valence-corrected chi connectivity index (χ2v) is 4.46. The molecule has 0 bridgehead atoms. The zero-order valence-corrected chi connectivity index (χ0v) is 11.2. The first kappa shape index (κ1) is 15.0. The highest BCUT2D eigenvalue weighted by Gasteiger charge is 2.37. The molecule has 1 aromatic carbocycles. The van der Waals surface area contributed by atoms with Crippen molar-refractivity contribution in [2.24, 2.45) is 5.92 Å². The summed E-state index contributed by atoms with van der Waals surface area (Å²) in [6, 6.07) is 6.55. The predicted molar refractivity (Wildman–Crippen MR) is 64.5 cm³/mol. The normalized spacial score (nSPS) is 13.2. The third-order valence-corrected chi connectivity index (χ3v) is 2.99. The van der Waals surface area contributed by atoms with E-state index in [1.807, 2.05) is 0 Å². The summed E-state index contributed by atoms with van der Waals surface area (Å²) in [6.07, 6.45) is -5.05. The van der Waals surface area contributed by atoms with Gasteiger partial charge in [-0.2, -0.15) is 13.2 Å². The van der Waals surface area contributed by atoms with E-state index in [2.05, 4.69) is 15.9 Å². The molecule has 1 unspecified atom stereocenters. The Bertz CT molecular complexity index is 401. The van der Waals surface area contributed by atoms with Gasteiger partial charge in [-0.05, 0) is 17.7 Å². The van der Waals surface area contributed by atoms with Crippen molar-refractivity contribution in [3.8, 4) is 5.75 Å². The van der Waals surface area contributed by atoms with Gasteiger partial charge < -0.3 is 4.74 Å². The average molecular weight is 325 g/mol. The lowest BCUT2D eigenvalue weighted by Crippen LogP contribution is -2.24. The van der Waals surface area contributed by atoms with Gasteiger partial charge in [0.15, 0.2) is 0 Å². The van der Waals surface area contributed by atoms with E-state index in [-0.39, 0.29) is 5.75 Å². The van der Waals surface area contributed by atoms with Crippen LogP contribution in [0.2, 0.25) is 0 Å². The maximum atomic E-state index is 12.2. The average Bonchev–Trinajstić information content (AvgIpc) is 2.28. The van der Waals surface area contributed by atoms with Crippen molar-refractivity contribution < 1.29 is 22.7 Å². The van der Waals surface area contributed by atoms with Gasteiger partial charge in [-0.25, -0.2) is 0 Å². The number of alkyl halides is 4. The molecule has 0 aliphatic rings.